The van der Waals surface area contributed by atoms with Crippen LogP contribution in [-0.4, -0.2) is 31.1 Å². The molecule has 0 saturated heterocycles. The largest absolute Gasteiger partial charge is 0.478 e. The van der Waals surface area contributed by atoms with Crippen molar-refractivity contribution in [2.45, 2.75) is 0 Å². The first-order valence-electron chi connectivity index (χ1n) is 8.31. The summed E-state index contributed by atoms with van der Waals surface area (Å²) in [5.41, 5.74) is 0.251. The Bertz CT molecular complexity index is 1320. The van der Waals surface area contributed by atoms with Gasteiger partial charge >= 0.3 is 11.7 Å². The van der Waals surface area contributed by atoms with Crippen LogP contribution in [0, 0.1) is 0 Å². The summed E-state index contributed by atoms with van der Waals surface area (Å²) < 4.78 is 2.17. The summed E-state index contributed by atoms with van der Waals surface area (Å²) in [6.45, 7) is 0. The lowest BCUT2D eigenvalue weighted by Crippen LogP contribution is -2.29. The molecule has 0 unspecified atom stereocenters. The van der Waals surface area contributed by atoms with Crippen LogP contribution in [0.4, 0.5) is 0 Å². The molecule has 2 aromatic carbocycles. The molecule has 2 aromatic heterocycles. The summed E-state index contributed by atoms with van der Waals surface area (Å²) in [5, 5.41) is 9.30. The van der Waals surface area contributed by atoms with Crippen LogP contribution >= 0.6 is 23.2 Å². The number of aromatic nitrogens is 3. The molecule has 1 N–H and O–H groups in total. The number of nitrogens with zero attached hydrogens (tertiary/aromatic N) is 3. The number of carboxylic acid groups (broad SMARTS) is 1. The Balaban J connectivity index is 1.98. The lowest BCUT2D eigenvalue weighted by atomic mass is 10.2. The Hall–Kier alpha value is -3.42. The Morgan fingerprint density at radius 3 is 2.21 bits per heavy atom. The van der Waals surface area contributed by atoms with E-state index < -0.39 is 17.6 Å². The van der Waals surface area contributed by atoms with E-state index in [2.05, 4.69) is 4.98 Å². The topological polar surface area (TPSA) is 94.2 Å². The number of hydrogen-bond donors (Lipinski definition) is 1. The molecule has 7 nitrogen and oxygen atoms in total. The molecular weight excluding hydrogens is 417 g/mol. The number of rotatable bonds is 3. The van der Waals surface area contributed by atoms with Crippen molar-refractivity contribution in [1.29, 1.82) is 0 Å². The third kappa shape index (κ3) is 3.10. The SMILES string of the molecule is O=C(O)c1ccc(-n2c(=O)n(C(=O)c3c(Cl)cccc3Cl)c3cccnc32)cc1. The van der Waals surface area contributed by atoms with Crippen molar-refractivity contribution in [3.8, 4) is 5.69 Å². The van der Waals surface area contributed by atoms with E-state index in [1.165, 1.54) is 47.2 Å². The molecule has 4 aromatic rings. The number of imidazole rings is 1. The molecule has 0 aliphatic heterocycles. The molecule has 0 aliphatic carbocycles. The van der Waals surface area contributed by atoms with Gasteiger partial charge in [-0.3, -0.25) is 4.79 Å². The number of halogens is 2. The van der Waals surface area contributed by atoms with Gasteiger partial charge in [0.15, 0.2) is 5.65 Å². The van der Waals surface area contributed by atoms with E-state index >= 15 is 0 Å². The second-order valence-corrected chi connectivity index (χ2v) is 6.87. The first kappa shape index (κ1) is 18.9. The highest BCUT2D eigenvalue weighted by Gasteiger charge is 2.24. The van der Waals surface area contributed by atoms with Gasteiger partial charge in [-0.2, -0.15) is 0 Å². The Morgan fingerprint density at radius 2 is 1.59 bits per heavy atom. The smallest absolute Gasteiger partial charge is 0.342 e. The highest BCUT2D eigenvalue weighted by molar-refractivity contribution is 6.39. The molecule has 0 saturated carbocycles. The fourth-order valence-electron chi connectivity index (χ4n) is 3.02. The number of hydrogen-bond acceptors (Lipinski definition) is 4. The quantitative estimate of drug-likeness (QED) is 0.535. The van der Waals surface area contributed by atoms with Crippen molar-refractivity contribution in [1.82, 2.24) is 14.1 Å². The molecule has 0 radical (unpaired) electrons. The number of aromatic carboxylic acids is 1. The molecule has 0 amide bonds. The van der Waals surface area contributed by atoms with Crippen LogP contribution in [0.3, 0.4) is 0 Å². The lowest BCUT2D eigenvalue weighted by Gasteiger charge is -2.06. The molecule has 2 heterocycles. The van der Waals surface area contributed by atoms with Gasteiger partial charge in [-0.05, 0) is 48.5 Å². The van der Waals surface area contributed by atoms with Crippen molar-refractivity contribution in [2.75, 3.05) is 0 Å². The van der Waals surface area contributed by atoms with Gasteiger partial charge in [-0.1, -0.05) is 29.3 Å². The predicted octanol–water partition coefficient (Wildman–Crippen LogP) is 3.88. The molecule has 4 rings (SSSR count). The van der Waals surface area contributed by atoms with Crippen LogP contribution in [0.15, 0.2) is 65.6 Å². The van der Waals surface area contributed by atoms with Crippen LogP contribution in [0.25, 0.3) is 16.9 Å². The summed E-state index contributed by atoms with van der Waals surface area (Å²) in [5.74, 6) is -1.78. The van der Waals surface area contributed by atoms with Gasteiger partial charge in [0.25, 0.3) is 5.91 Å². The average Bonchev–Trinajstić information content (AvgIpc) is 2.99. The van der Waals surface area contributed by atoms with E-state index in [1.54, 1.807) is 18.2 Å². The van der Waals surface area contributed by atoms with E-state index in [0.29, 0.717) is 5.69 Å². The monoisotopic (exact) mass is 427 g/mol. The zero-order valence-electron chi connectivity index (χ0n) is 14.5. The zero-order valence-corrected chi connectivity index (χ0v) is 16.1. The van der Waals surface area contributed by atoms with Gasteiger partial charge in [-0.15, -0.1) is 0 Å². The average molecular weight is 428 g/mol. The van der Waals surface area contributed by atoms with Gasteiger partial charge in [0.2, 0.25) is 0 Å². The lowest BCUT2D eigenvalue weighted by molar-refractivity contribution is 0.0696. The molecule has 144 valence electrons. The van der Waals surface area contributed by atoms with E-state index in [1.807, 2.05) is 0 Å². The fraction of sp³-hybridized carbons (Fsp3) is 0. The maximum absolute atomic E-state index is 13.2. The minimum Gasteiger partial charge on any atom is -0.478 e. The summed E-state index contributed by atoms with van der Waals surface area (Å²) in [6, 6.07) is 13.4. The van der Waals surface area contributed by atoms with E-state index in [0.717, 1.165) is 4.57 Å². The van der Waals surface area contributed by atoms with Gasteiger partial charge in [-0.25, -0.2) is 23.7 Å². The van der Waals surface area contributed by atoms with E-state index in [9.17, 15) is 14.4 Å². The van der Waals surface area contributed by atoms with Crippen molar-refractivity contribution in [3.63, 3.8) is 0 Å². The first-order chi connectivity index (χ1) is 13.9. The van der Waals surface area contributed by atoms with Crippen molar-refractivity contribution in [3.05, 3.63) is 92.5 Å². The molecule has 0 spiro atoms. The Morgan fingerprint density at radius 1 is 0.931 bits per heavy atom. The maximum Gasteiger partial charge on any atom is 0.342 e. The van der Waals surface area contributed by atoms with Crippen LogP contribution < -0.4 is 5.69 Å². The van der Waals surface area contributed by atoms with Crippen LogP contribution in [-0.2, 0) is 0 Å². The normalized spacial score (nSPS) is 11.0. The molecule has 0 aliphatic rings. The number of carbonyl (C=O) groups is 2. The molecule has 0 bridgehead atoms. The second kappa shape index (κ2) is 7.20. The molecule has 0 fully saturated rings. The minimum atomic E-state index is -1.09. The van der Waals surface area contributed by atoms with Crippen LogP contribution in [0.5, 0.6) is 0 Å². The first-order valence-corrected chi connectivity index (χ1v) is 9.06. The number of carboxylic acids is 1. The maximum atomic E-state index is 13.2. The standard InChI is InChI=1S/C20H11Cl2N3O4/c21-13-3-1-4-14(22)16(13)18(26)25-15-5-2-10-23-17(15)24(20(25)29)12-8-6-11(7-9-12)19(27)28/h1-10H,(H,27,28). The van der Waals surface area contributed by atoms with Gasteiger partial charge in [0, 0.05) is 6.20 Å². The summed E-state index contributed by atoms with van der Waals surface area (Å²) >= 11 is 12.3. The molecule has 9 heteroatoms. The third-order valence-electron chi connectivity index (χ3n) is 4.35. The Labute approximate surface area is 173 Å². The van der Waals surface area contributed by atoms with Gasteiger partial charge in [0.05, 0.1) is 32.4 Å². The van der Waals surface area contributed by atoms with Crippen LogP contribution in [0.1, 0.15) is 20.7 Å². The van der Waals surface area contributed by atoms with Gasteiger partial charge in [0.1, 0.15) is 0 Å². The summed E-state index contributed by atoms with van der Waals surface area (Å²) in [7, 11) is 0. The van der Waals surface area contributed by atoms with Crippen molar-refractivity contribution in [2.24, 2.45) is 0 Å². The number of benzene rings is 2. The molecule has 29 heavy (non-hydrogen) atoms. The molecular formula is C20H11Cl2N3O4. The number of pyridine rings is 1. The van der Waals surface area contributed by atoms with E-state index in [4.69, 9.17) is 28.3 Å². The molecule has 0 atom stereocenters. The number of fused-ring (bicyclic) bond motifs is 1. The summed E-state index contributed by atoms with van der Waals surface area (Å²) in [4.78, 5) is 41.7. The fourth-order valence-corrected chi connectivity index (χ4v) is 3.58. The van der Waals surface area contributed by atoms with Crippen molar-refractivity contribution < 1.29 is 14.7 Å². The predicted molar refractivity (Wildman–Crippen MR) is 108 cm³/mol. The zero-order chi connectivity index (χ0) is 20.7. The highest BCUT2D eigenvalue weighted by Crippen LogP contribution is 2.26. The third-order valence-corrected chi connectivity index (χ3v) is 4.98. The summed E-state index contributed by atoms with van der Waals surface area (Å²) in [6.07, 6.45) is 1.49. The van der Waals surface area contributed by atoms with E-state index in [-0.39, 0.29) is 32.3 Å². The minimum absolute atomic E-state index is 0.00191. The van der Waals surface area contributed by atoms with Crippen molar-refractivity contribution >= 4 is 46.2 Å². The second-order valence-electron chi connectivity index (χ2n) is 6.05. The number of carbonyl (C=O) groups excluding carboxylic acids is 1. The highest BCUT2D eigenvalue weighted by atomic mass is 35.5. The Kier molecular flexibility index (Phi) is 4.70. The van der Waals surface area contributed by atoms with Gasteiger partial charge < -0.3 is 5.11 Å². The van der Waals surface area contributed by atoms with Crippen LogP contribution in [0.2, 0.25) is 10.0 Å².